The summed E-state index contributed by atoms with van der Waals surface area (Å²) in [5.74, 6) is 0.986. The van der Waals surface area contributed by atoms with E-state index in [0.717, 1.165) is 30.5 Å². The first-order valence-corrected chi connectivity index (χ1v) is 14.1. The van der Waals surface area contributed by atoms with Crippen LogP contribution in [0.1, 0.15) is 121 Å². The lowest BCUT2D eigenvalue weighted by atomic mass is 9.83. The summed E-state index contributed by atoms with van der Waals surface area (Å²) in [5, 5.41) is 0. The molecule has 0 saturated heterocycles. The quantitative estimate of drug-likeness (QED) is 0.158. The summed E-state index contributed by atoms with van der Waals surface area (Å²) in [6.45, 7) is 9.31. The van der Waals surface area contributed by atoms with Crippen LogP contribution in [0.15, 0.2) is 48.7 Å². The zero-order valence-corrected chi connectivity index (χ0v) is 22.8. The van der Waals surface area contributed by atoms with Gasteiger partial charge in [0.05, 0.1) is 0 Å². The third kappa shape index (κ3) is 12.4. The van der Waals surface area contributed by atoms with Crippen LogP contribution in [-0.2, 0) is 22.6 Å². The van der Waals surface area contributed by atoms with Crippen molar-refractivity contribution in [3.05, 3.63) is 65.5 Å². The fourth-order valence-electron chi connectivity index (χ4n) is 4.71. The van der Waals surface area contributed by atoms with E-state index in [2.05, 4.69) is 46.0 Å². The van der Waals surface area contributed by atoms with Gasteiger partial charge in [-0.3, -0.25) is 9.78 Å². The van der Waals surface area contributed by atoms with Gasteiger partial charge in [-0.05, 0) is 48.3 Å². The number of esters is 1. The van der Waals surface area contributed by atoms with Gasteiger partial charge in [0.2, 0.25) is 0 Å². The van der Waals surface area contributed by atoms with Gasteiger partial charge in [-0.15, -0.1) is 0 Å². The SMILES string of the molecule is CCCCCCCCCCc1ccc([C@@H](CCC(C)C)[C@@H](C)CC(=O)OCc2ccccc2)nc1. The third-order valence-electron chi connectivity index (χ3n) is 7.02. The van der Waals surface area contributed by atoms with E-state index >= 15 is 0 Å². The summed E-state index contributed by atoms with van der Waals surface area (Å²) in [6.07, 6.45) is 16.6. The van der Waals surface area contributed by atoms with Crippen LogP contribution in [-0.4, -0.2) is 11.0 Å². The topological polar surface area (TPSA) is 39.2 Å². The van der Waals surface area contributed by atoms with Crippen LogP contribution in [0.5, 0.6) is 0 Å². The monoisotopic (exact) mass is 479 g/mol. The Bertz CT molecular complexity index is 800. The summed E-state index contributed by atoms with van der Waals surface area (Å²) < 4.78 is 5.56. The lowest BCUT2D eigenvalue weighted by Gasteiger charge is -2.24. The number of hydrogen-bond donors (Lipinski definition) is 0. The standard InChI is InChI=1S/C32H49NO2/c1-5-6-7-8-9-10-11-13-16-28-20-22-31(33-24-28)30(21-19-26(2)3)27(4)23-32(34)35-25-29-17-14-12-15-18-29/h12,14-15,17-18,20,22,24,26-27,30H,5-11,13,16,19,21,23,25H2,1-4H3/t27-,30-/m0/s1. The molecule has 0 amide bonds. The van der Waals surface area contributed by atoms with Crippen molar-refractivity contribution < 1.29 is 9.53 Å². The van der Waals surface area contributed by atoms with Crippen molar-refractivity contribution >= 4 is 5.97 Å². The molecule has 0 radical (unpaired) electrons. The van der Waals surface area contributed by atoms with Gasteiger partial charge in [0.15, 0.2) is 0 Å². The Kier molecular flexibility index (Phi) is 14.4. The van der Waals surface area contributed by atoms with Crippen molar-refractivity contribution in [1.29, 1.82) is 0 Å². The van der Waals surface area contributed by atoms with Gasteiger partial charge >= 0.3 is 5.97 Å². The third-order valence-corrected chi connectivity index (χ3v) is 7.02. The Labute approximate surface area is 215 Å². The fraction of sp³-hybridized carbons (Fsp3) is 0.625. The van der Waals surface area contributed by atoms with E-state index in [4.69, 9.17) is 9.72 Å². The number of aryl methyl sites for hydroxylation is 1. The molecular weight excluding hydrogens is 430 g/mol. The van der Waals surface area contributed by atoms with Gasteiger partial charge < -0.3 is 4.74 Å². The van der Waals surface area contributed by atoms with Crippen LogP contribution in [0.3, 0.4) is 0 Å². The molecule has 0 aliphatic heterocycles. The minimum Gasteiger partial charge on any atom is -0.461 e. The summed E-state index contributed by atoms with van der Waals surface area (Å²) in [7, 11) is 0. The lowest BCUT2D eigenvalue weighted by Crippen LogP contribution is -2.18. The van der Waals surface area contributed by atoms with E-state index in [1.807, 2.05) is 30.3 Å². The van der Waals surface area contributed by atoms with E-state index in [0.29, 0.717) is 18.9 Å². The first kappa shape index (κ1) is 29.1. The molecule has 1 heterocycles. The van der Waals surface area contributed by atoms with Crippen LogP contribution in [0.4, 0.5) is 0 Å². The summed E-state index contributed by atoms with van der Waals surface area (Å²) in [5.41, 5.74) is 3.48. The van der Waals surface area contributed by atoms with E-state index in [9.17, 15) is 4.79 Å². The summed E-state index contributed by atoms with van der Waals surface area (Å²) in [4.78, 5) is 17.4. The molecule has 2 rings (SSSR count). The predicted molar refractivity (Wildman–Crippen MR) is 147 cm³/mol. The number of pyridine rings is 1. The number of ether oxygens (including phenoxy) is 1. The second-order valence-corrected chi connectivity index (χ2v) is 10.7. The van der Waals surface area contributed by atoms with Gasteiger partial charge in [0, 0.05) is 24.2 Å². The molecular formula is C32H49NO2. The summed E-state index contributed by atoms with van der Waals surface area (Å²) in [6, 6.07) is 14.3. The van der Waals surface area contributed by atoms with Crippen LogP contribution < -0.4 is 0 Å². The first-order valence-electron chi connectivity index (χ1n) is 14.1. The maximum absolute atomic E-state index is 12.6. The minimum atomic E-state index is -0.123. The minimum absolute atomic E-state index is 0.123. The first-order chi connectivity index (χ1) is 17.0. The summed E-state index contributed by atoms with van der Waals surface area (Å²) >= 11 is 0. The highest BCUT2D eigenvalue weighted by Crippen LogP contribution is 2.32. The molecule has 2 atom stereocenters. The zero-order valence-electron chi connectivity index (χ0n) is 22.8. The Hall–Kier alpha value is -2.16. The van der Waals surface area contributed by atoms with Crippen molar-refractivity contribution in [2.75, 3.05) is 0 Å². The van der Waals surface area contributed by atoms with Crippen molar-refractivity contribution in [3.8, 4) is 0 Å². The molecule has 1 aromatic heterocycles. The Morgan fingerprint density at radius 2 is 1.51 bits per heavy atom. The molecule has 2 aromatic rings. The predicted octanol–water partition coefficient (Wildman–Crippen LogP) is 9.05. The number of carbonyl (C=O) groups is 1. The van der Waals surface area contributed by atoms with E-state index in [-0.39, 0.29) is 17.8 Å². The second kappa shape index (κ2) is 17.3. The van der Waals surface area contributed by atoms with E-state index in [1.165, 1.54) is 56.9 Å². The van der Waals surface area contributed by atoms with Crippen molar-refractivity contribution in [2.24, 2.45) is 11.8 Å². The number of benzene rings is 1. The van der Waals surface area contributed by atoms with Gasteiger partial charge in [-0.25, -0.2) is 0 Å². The van der Waals surface area contributed by atoms with Crippen molar-refractivity contribution in [1.82, 2.24) is 4.98 Å². The normalized spacial score (nSPS) is 13.1. The average molecular weight is 480 g/mol. The number of rotatable bonds is 18. The Morgan fingerprint density at radius 3 is 2.14 bits per heavy atom. The molecule has 0 spiro atoms. The molecule has 0 unspecified atom stereocenters. The Balaban J connectivity index is 1.84. The largest absolute Gasteiger partial charge is 0.461 e. The van der Waals surface area contributed by atoms with E-state index in [1.54, 1.807) is 0 Å². The number of aromatic nitrogens is 1. The maximum Gasteiger partial charge on any atom is 0.306 e. The van der Waals surface area contributed by atoms with Crippen molar-refractivity contribution in [3.63, 3.8) is 0 Å². The van der Waals surface area contributed by atoms with Gasteiger partial charge in [0.1, 0.15) is 6.61 Å². The molecule has 194 valence electrons. The molecule has 0 bridgehead atoms. The average Bonchev–Trinajstić information content (AvgIpc) is 2.86. The zero-order chi connectivity index (χ0) is 25.3. The van der Waals surface area contributed by atoms with E-state index < -0.39 is 0 Å². The molecule has 0 aliphatic carbocycles. The highest BCUT2D eigenvalue weighted by molar-refractivity contribution is 5.69. The number of hydrogen-bond acceptors (Lipinski definition) is 3. The highest BCUT2D eigenvalue weighted by Gasteiger charge is 2.24. The van der Waals surface area contributed by atoms with Crippen LogP contribution in [0.25, 0.3) is 0 Å². The number of carbonyl (C=O) groups excluding carboxylic acids is 1. The molecule has 0 saturated carbocycles. The molecule has 3 nitrogen and oxygen atoms in total. The maximum atomic E-state index is 12.6. The molecule has 35 heavy (non-hydrogen) atoms. The van der Waals surface area contributed by atoms with Crippen LogP contribution in [0.2, 0.25) is 0 Å². The number of unbranched alkanes of at least 4 members (excludes halogenated alkanes) is 7. The molecule has 3 heteroatoms. The van der Waals surface area contributed by atoms with Crippen LogP contribution >= 0.6 is 0 Å². The highest BCUT2D eigenvalue weighted by atomic mass is 16.5. The van der Waals surface area contributed by atoms with Crippen LogP contribution in [0, 0.1) is 11.8 Å². The Morgan fingerprint density at radius 1 is 0.829 bits per heavy atom. The molecule has 0 N–H and O–H groups in total. The number of nitrogens with zero attached hydrogens (tertiary/aromatic N) is 1. The van der Waals surface area contributed by atoms with Gasteiger partial charge in [-0.1, -0.05) is 115 Å². The fourth-order valence-corrected chi connectivity index (χ4v) is 4.71. The van der Waals surface area contributed by atoms with Crippen molar-refractivity contribution in [2.45, 2.75) is 117 Å². The molecule has 0 aliphatic rings. The second-order valence-electron chi connectivity index (χ2n) is 10.7. The van der Waals surface area contributed by atoms with Gasteiger partial charge in [0.25, 0.3) is 0 Å². The smallest absolute Gasteiger partial charge is 0.306 e. The lowest BCUT2D eigenvalue weighted by molar-refractivity contribution is -0.146. The molecule has 1 aromatic carbocycles. The molecule has 0 fully saturated rings. The van der Waals surface area contributed by atoms with Gasteiger partial charge in [-0.2, -0.15) is 0 Å².